The van der Waals surface area contributed by atoms with Gasteiger partial charge in [-0.05, 0) is 51.0 Å². The van der Waals surface area contributed by atoms with Crippen LogP contribution < -0.4 is 10.6 Å². The average molecular weight is 434 g/mol. The summed E-state index contributed by atoms with van der Waals surface area (Å²) in [5.41, 5.74) is 3.71. The number of nitrogens with zero attached hydrogens (tertiary/aromatic N) is 1. The number of furan rings is 1. The fourth-order valence-electron chi connectivity index (χ4n) is 3.90. The maximum atomic E-state index is 12.7. The van der Waals surface area contributed by atoms with Crippen molar-refractivity contribution in [1.29, 1.82) is 5.26 Å². The molecule has 0 spiro atoms. The molecule has 2 aromatic rings. The minimum Gasteiger partial charge on any atom is -0.465 e. The van der Waals surface area contributed by atoms with E-state index in [0.29, 0.717) is 28.4 Å². The highest BCUT2D eigenvalue weighted by Gasteiger charge is 2.38. The smallest absolute Gasteiger partial charge is 0.234 e. The molecule has 4 rings (SSSR count). The van der Waals surface area contributed by atoms with E-state index in [4.69, 9.17) is 4.42 Å². The molecule has 0 saturated carbocycles. The Balaban J connectivity index is 1.58. The molecule has 1 atom stereocenters. The van der Waals surface area contributed by atoms with Gasteiger partial charge in [0.25, 0.3) is 0 Å². The summed E-state index contributed by atoms with van der Waals surface area (Å²) in [6, 6.07) is 13.5. The fourth-order valence-corrected chi connectivity index (χ4v) is 4.76. The maximum Gasteiger partial charge on any atom is 0.234 e. The van der Waals surface area contributed by atoms with E-state index in [1.54, 1.807) is 0 Å². The van der Waals surface area contributed by atoms with Crippen molar-refractivity contribution in [2.24, 2.45) is 0 Å². The summed E-state index contributed by atoms with van der Waals surface area (Å²) in [6.07, 6.45) is 1.97. The molecular formula is C24H23N3O3S. The number of amides is 1. The van der Waals surface area contributed by atoms with Crippen LogP contribution in [-0.4, -0.2) is 17.4 Å². The molecule has 2 heterocycles. The molecule has 6 nitrogen and oxygen atoms in total. The number of aryl methyl sites for hydroxylation is 2. The molecule has 0 saturated heterocycles. The van der Waals surface area contributed by atoms with E-state index in [-0.39, 0.29) is 17.4 Å². The molecule has 1 unspecified atom stereocenters. The van der Waals surface area contributed by atoms with Crippen LogP contribution >= 0.6 is 11.8 Å². The molecule has 0 fully saturated rings. The molecule has 0 radical (unpaired) electrons. The number of dihydropyridines is 1. The van der Waals surface area contributed by atoms with Crippen molar-refractivity contribution >= 4 is 29.1 Å². The van der Waals surface area contributed by atoms with Crippen LogP contribution in [0.3, 0.4) is 0 Å². The van der Waals surface area contributed by atoms with Gasteiger partial charge in [0.15, 0.2) is 5.78 Å². The number of benzene rings is 1. The second-order valence-electron chi connectivity index (χ2n) is 7.73. The van der Waals surface area contributed by atoms with Crippen molar-refractivity contribution < 1.29 is 14.0 Å². The predicted molar refractivity (Wildman–Crippen MR) is 120 cm³/mol. The zero-order valence-electron chi connectivity index (χ0n) is 17.5. The highest BCUT2D eigenvalue weighted by Crippen LogP contribution is 2.44. The standard InChI is InChI=1S/C24H23N3O3S/c1-14-6-9-16(10-7-14)26-21(29)13-31-24-17(12-25)22(20-11-8-15(2)30-20)23-18(27-24)4-3-5-19(23)28/h6-11,22,27H,3-5,13H2,1-2H3,(H,26,29). The summed E-state index contributed by atoms with van der Waals surface area (Å²) in [6.45, 7) is 3.82. The number of rotatable bonds is 5. The highest BCUT2D eigenvalue weighted by atomic mass is 32.2. The number of nitrogens with one attached hydrogen (secondary N) is 2. The average Bonchev–Trinajstić information content (AvgIpc) is 3.19. The summed E-state index contributed by atoms with van der Waals surface area (Å²) in [4.78, 5) is 25.2. The van der Waals surface area contributed by atoms with Crippen LogP contribution in [0.2, 0.25) is 0 Å². The predicted octanol–water partition coefficient (Wildman–Crippen LogP) is 4.70. The molecule has 1 aliphatic carbocycles. The highest BCUT2D eigenvalue weighted by molar-refractivity contribution is 8.03. The van der Waals surface area contributed by atoms with Crippen LogP contribution in [0.1, 0.15) is 42.3 Å². The van der Waals surface area contributed by atoms with Gasteiger partial charge in [0.2, 0.25) is 5.91 Å². The molecule has 1 amide bonds. The summed E-state index contributed by atoms with van der Waals surface area (Å²) in [5, 5.41) is 16.7. The third-order valence-corrected chi connectivity index (χ3v) is 6.41. The number of hydrogen-bond acceptors (Lipinski definition) is 6. The van der Waals surface area contributed by atoms with Crippen molar-refractivity contribution in [2.75, 3.05) is 11.1 Å². The van der Waals surface area contributed by atoms with Gasteiger partial charge >= 0.3 is 0 Å². The second kappa shape index (κ2) is 8.86. The van der Waals surface area contributed by atoms with E-state index in [0.717, 1.165) is 35.5 Å². The number of thioether (sulfide) groups is 1. The number of carbonyl (C=O) groups is 2. The molecule has 1 aromatic carbocycles. The van der Waals surface area contributed by atoms with Crippen LogP contribution in [0.15, 0.2) is 62.7 Å². The Morgan fingerprint density at radius 3 is 2.68 bits per heavy atom. The Hall–Kier alpha value is -3.24. The summed E-state index contributed by atoms with van der Waals surface area (Å²) in [5.74, 6) is 0.794. The van der Waals surface area contributed by atoms with E-state index in [2.05, 4.69) is 16.7 Å². The lowest BCUT2D eigenvalue weighted by Crippen LogP contribution is -2.31. The summed E-state index contributed by atoms with van der Waals surface area (Å²) >= 11 is 1.27. The lowest BCUT2D eigenvalue weighted by molar-refractivity contribution is -0.116. The molecule has 7 heteroatoms. The van der Waals surface area contributed by atoms with Crippen molar-refractivity contribution in [2.45, 2.75) is 39.0 Å². The molecule has 2 N–H and O–H groups in total. The minimum absolute atomic E-state index is 0.0433. The van der Waals surface area contributed by atoms with Gasteiger partial charge in [0.05, 0.1) is 28.3 Å². The van der Waals surface area contributed by atoms with Crippen molar-refractivity contribution in [3.8, 4) is 6.07 Å². The number of allylic oxidation sites excluding steroid dienone is 3. The largest absolute Gasteiger partial charge is 0.465 e. The number of hydrogen-bond donors (Lipinski definition) is 2. The van der Waals surface area contributed by atoms with Crippen molar-refractivity contribution in [1.82, 2.24) is 5.32 Å². The van der Waals surface area contributed by atoms with Gasteiger partial charge in [-0.25, -0.2) is 0 Å². The van der Waals surface area contributed by atoms with Crippen LogP contribution in [-0.2, 0) is 9.59 Å². The Morgan fingerprint density at radius 2 is 2.00 bits per heavy atom. The van der Waals surface area contributed by atoms with Gasteiger partial charge < -0.3 is 15.1 Å². The van der Waals surface area contributed by atoms with Crippen LogP contribution in [0, 0.1) is 25.2 Å². The molecule has 2 aliphatic rings. The van der Waals surface area contributed by atoms with Gasteiger partial charge in [0, 0.05) is 23.4 Å². The number of ketones is 1. The third-order valence-electron chi connectivity index (χ3n) is 5.39. The molecule has 31 heavy (non-hydrogen) atoms. The Kier molecular flexibility index (Phi) is 6.01. The fraction of sp³-hybridized carbons (Fsp3) is 0.292. The third kappa shape index (κ3) is 4.44. The van der Waals surface area contributed by atoms with Crippen molar-refractivity contribution in [3.63, 3.8) is 0 Å². The van der Waals surface area contributed by atoms with Crippen LogP contribution in [0.25, 0.3) is 0 Å². The molecule has 1 aromatic heterocycles. The van der Waals surface area contributed by atoms with E-state index < -0.39 is 5.92 Å². The Morgan fingerprint density at radius 1 is 1.23 bits per heavy atom. The Labute approximate surface area is 185 Å². The van der Waals surface area contributed by atoms with E-state index in [9.17, 15) is 14.9 Å². The zero-order valence-corrected chi connectivity index (χ0v) is 18.3. The van der Waals surface area contributed by atoms with Gasteiger partial charge in [-0.1, -0.05) is 29.5 Å². The molecule has 0 bridgehead atoms. The monoisotopic (exact) mass is 433 g/mol. The first-order valence-electron chi connectivity index (χ1n) is 10.2. The number of Topliss-reactive ketones (excluding diaryl/α,β-unsaturated/α-hetero) is 1. The van der Waals surface area contributed by atoms with Crippen LogP contribution in [0.5, 0.6) is 0 Å². The summed E-state index contributed by atoms with van der Waals surface area (Å²) in [7, 11) is 0. The van der Waals surface area contributed by atoms with Gasteiger partial charge in [0.1, 0.15) is 11.5 Å². The van der Waals surface area contributed by atoms with E-state index in [1.165, 1.54) is 11.8 Å². The zero-order chi connectivity index (χ0) is 22.0. The van der Waals surface area contributed by atoms with Crippen molar-refractivity contribution in [3.05, 3.63) is 75.4 Å². The van der Waals surface area contributed by atoms with Gasteiger partial charge in [-0.15, -0.1) is 0 Å². The van der Waals surface area contributed by atoms with Gasteiger partial charge in [-0.3, -0.25) is 9.59 Å². The Bertz CT molecular complexity index is 1140. The lowest BCUT2D eigenvalue weighted by atomic mass is 9.79. The maximum absolute atomic E-state index is 12.7. The SMILES string of the molecule is Cc1ccc(NC(=O)CSC2=C(C#N)C(c3ccc(C)o3)C3=C(CCCC3=O)N2)cc1. The quantitative estimate of drug-likeness (QED) is 0.710. The van der Waals surface area contributed by atoms with E-state index >= 15 is 0 Å². The minimum atomic E-state index is -0.537. The number of anilines is 1. The van der Waals surface area contributed by atoms with E-state index in [1.807, 2.05) is 50.2 Å². The second-order valence-corrected chi connectivity index (χ2v) is 8.72. The number of nitriles is 1. The van der Waals surface area contributed by atoms with Crippen LogP contribution in [0.4, 0.5) is 5.69 Å². The molecule has 158 valence electrons. The lowest BCUT2D eigenvalue weighted by Gasteiger charge is -2.32. The first-order chi connectivity index (χ1) is 15.0. The normalized spacial score (nSPS) is 18.4. The molecule has 1 aliphatic heterocycles. The molecular weight excluding hydrogens is 410 g/mol. The first-order valence-corrected chi connectivity index (χ1v) is 11.2. The van der Waals surface area contributed by atoms with Gasteiger partial charge in [-0.2, -0.15) is 5.26 Å². The first kappa shape index (κ1) is 21.0. The summed E-state index contributed by atoms with van der Waals surface area (Å²) < 4.78 is 5.83. The number of carbonyl (C=O) groups excluding carboxylic acids is 2. The topological polar surface area (TPSA) is 95.1 Å².